The summed E-state index contributed by atoms with van der Waals surface area (Å²) in [6.45, 7) is 0.866. The number of nitrogens with one attached hydrogen (secondary N) is 1. The van der Waals surface area contributed by atoms with Crippen molar-refractivity contribution in [1.29, 1.82) is 0 Å². The van der Waals surface area contributed by atoms with Crippen molar-refractivity contribution < 1.29 is 14.4 Å². The van der Waals surface area contributed by atoms with E-state index in [1.54, 1.807) is 27.6 Å². The van der Waals surface area contributed by atoms with Gasteiger partial charge in [0, 0.05) is 16.3 Å². The van der Waals surface area contributed by atoms with Crippen LogP contribution < -0.4 is 5.32 Å². The molecule has 148 valence electrons. The molecule has 2 fully saturated rings. The lowest BCUT2D eigenvalue weighted by atomic mass is 9.98. The summed E-state index contributed by atoms with van der Waals surface area (Å²) in [6, 6.07) is 7.58. The number of amides is 4. The lowest BCUT2D eigenvalue weighted by Gasteiger charge is -2.25. The second kappa shape index (κ2) is 8.05. The van der Waals surface area contributed by atoms with Gasteiger partial charge in [-0.25, -0.2) is 4.79 Å². The Bertz CT molecular complexity index is 842. The number of imide groups is 1. The van der Waals surface area contributed by atoms with Crippen LogP contribution in [0.2, 0.25) is 0 Å². The molecule has 1 aliphatic carbocycles. The van der Waals surface area contributed by atoms with E-state index in [0.717, 1.165) is 29.0 Å². The number of urea groups is 1. The number of hydrogen-bond donors (Lipinski definition) is 1. The van der Waals surface area contributed by atoms with Crippen molar-refractivity contribution in [3.8, 4) is 0 Å². The van der Waals surface area contributed by atoms with E-state index in [9.17, 15) is 14.4 Å². The fraction of sp³-hybridized carbons (Fsp3) is 0.450. The SMILES string of the molecule is O=C(CN1C(=O)NC2(CCCC2)C1=O)N(CCc1cccs1)Cc1cccs1. The van der Waals surface area contributed by atoms with Crippen LogP contribution in [0.25, 0.3) is 0 Å². The molecule has 4 rings (SSSR count). The first-order valence-corrected chi connectivity index (χ1v) is 11.3. The molecule has 8 heteroatoms. The molecule has 1 saturated carbocycles. The molecular formula is C20H23N3O3S2. The largest absolute Gasteiger partial charge is 0.336 e. The fourth-order valence-corrected chi connectivity index (χ4v) is 5.37. The van der Waals surface area contributed by atoms with Crippen molar-refractivity contribution in [2.75, 3.05) is 13.1 Å². The molecule has 1 aliphatic heterocycles. The fourth-order valence-electron chi connectivity index (χ4n) is 3.96. The first kappa shape index (κ1) is 19.1. The average molecular weight is 418 g/mol. The van der Waals surface area contributed by atoms with Crippen molar-refractivity contribution in [2.24, 2.45) is 0 Å². The molecule has 0 bridgehead atoms. The van der Waals surface area contributed by atoms with E-state index in [2.05, 4.69) is 11.4 Å². The summed E-state index contributed by atoms with van der Waals surface area (Å²) in [5.74, 6) is -0.429. The Hall–Kier alpha value is -2.19. The van der Waals surface area contributed by atoms with Gasteiger partial charge >= 0.3 is 6.03 Å². The molecule has 0 atom stereocenters. The summed E-state index contributed by atoms with van der Waals surface area (Å²) in [7, 11) is 0. The van der Waals surface area contributed by atoms with E-state index < -0.39 is 11.6 Å². The van der Waals surface area contributed by atoms with Crippen LogP contribution in [0.5, 0.6) is 0 Å². The van der Waals surface area contributed by atoms with Crippen LogP contribution in [-0.4, -0.2) is 46.3 Å². The Balaban J connectivity index is 1.45. The minimum Gasteiger partial charge on any atom is -0.336 e. The second-order valence-corrected chi connectivity index (χ2v) is 9.40. The molecule has 4 amide bonds. The minimum absolute atomic E-state index is 0.191. The maximum atomic E-state index is 13.0. The van der Waals surface area contributed by atoms with Crippen molar-refractivity contribution in [2.45, 2.75) is 44.2 Å². The van der Waals surface area contributed by atoms with Crippen LogP contribution in [0.4, 0.5) is 4.79 Å². The average Bonchev–Trinajstić information content (AvgIpc) is 3.47. The van der Waals surface area contributed by atoms with E-state index in [-0.39, 0.29) is 18.4 Å². The molecule has 3 heterocycles. The van der Waals surface area contributed by atoms with Gasteiger partial charge in [-0.1, -0.05) is 25.0 Å². The van der Waals surface area contributed by atoms with Gasteiger partial charge in [0.15, 0.2) is 0 Å². The normalized spacial score (nSPS) is 18.1. The molecule has 2 aromatic rings. The topological polar surface area (TPSA) is 69.7 Å². The molecule has 1 N–H and O–H groups in total. The third kappa shape index (κ3) is 3.84. The lowest BCUT2D eigenvalue weighted by molar-refractivity contribution is -0.139. The number of hydrogen-bond acceptors (Lipinski definition) is 5. The van der Waals surface area contributed by atoms with Gasteiger partial charge in [0.1, 0.15) is 12.1 Å². The van der Waals surface area contributed by atoms with E-state index in [0.29, 0.717) is 25.9 Å². The zero-order chi connectivity index (χ0) is 19.6. The highest BCUT2D eigenvalue weighted by atomic mass is 32.1. The van der Waals surface area contributed by atoms with Gasteiger partial charge in [-0.2, -0.15) is 0 Å². The molecule has 2 aliphatic rings. The monoisotopic (exact) mass is 417 g/mol. The summed E-state index contributed by atoms with van der Waals surface area (Å²) >= 11 is 3.27. The number of carbonyl (C=O) groups excluding carboxylic acids is 3. The first-order valence-electron chi connectivity index (χ1n) is 9.54. The van der Waals surface area contributed by atoms with Crippen LogP contribution in [-0.2, 0) is 22.6 Å². The van der Waals surface area contributed by atoms with Gasteiger partial charge in [-0.15, -0.1) is 22.7 Å². The zero-order valence-corrected chi connectivity index (χ0v) is 17.2. The Morgan fingerprint density at radius 3 is 2.43 bits per heavy atom. The van der Waals surface area contributed by atoms with Crippen molar-refractivity contribution >= 4 is 40.5 Å². The van der Waals surface area contributed by atoms with Gasteiger partial charge in [0.2, 0.25) is 5.91 Å². The van der Waals surface area contributed by atoms with Crippen LogP contribution >= 0.6 is 22.7 Å². The third-order valence-electron chi connectivity index (χ3n) is 5.48. The van der Waals surface area contributed by atoms with Crippen LogP contribution in [0.3, 0.4) is 0 Å². The van der Waals surface area contributed by atoms with Crippen LogP contribution in [0.15, 0.2) is 35.0 Å². The number of nitrogens with zero attached hydrogens (tertiary/aromatic N) is 2. The number of carbonyl (C=O) groups is 3. The standard InChI is InChI=1S/C20H23N3O3S2/c24-17(14-23-18(25)20(21-19(23)26)8-1-2-9-20)22(13-16-6-4-12-28-16)10-7-15-5-3-11-27-15/h3-6,11-12H,1-2,7-10,13-14H2,(H,21,26). The molecule has 0 unspecified atom stereocenters. The second-order valence-electron chi connectivity index (χ2n) is 7.33. The predicted molar refractivity (Wildman–Crippen MR) is 109 cm³/mol. The summed E-state index contributed by atoms with van der Waals surface area (Å²) < 4.78 is 0. The lowest BCUT2D eigenvalue weighted by Crippen LogP contribution is -2.46. The van der Waals surface area contributed by atoms with E-state index >= 15 is 0 Å². The summed E-state index contributed by atoms with van der Waals surface area (Å²) in [5, 5.41) is 6.85. The molecule has 0 aromatic carbocycles. The molecule has 28 heavy (non-hydrogen) atoms. The van der Waals surface area contributed by atoms with E-state index in [4.69, 9.17) is 0 Å². The molecule has 1 saturated heterocycles. The first-order chi connectivity index (χ1) is 13.6. The summed E-state index contributed by atoms with van der Waals surface area (Å²) in [5.41, 5.74) is -0.771. The number of rotatable bonds is 7. The van der Waals surface area contributed by atoms with Crippen molar-refractivity contribution in [3.63, 3.8) is 0 Å². The Morgan fingerprint density at radius 2 is 1.79 bits per heavy atom. The highest BCUT2D eigenvalue weighted by Gasteiger charge is 2.52. The molecule has 0 radical (unpaired) electrons. The Labute approximate surface area is 172 Å². The summed E-state index contributed by atoms with van der Waals surface area (Å²) in [4.78, 5) is 43.4. The highest BCUT2D eigenvalue weighted by molar-refractivity contribution is 7.10. The molecular weight excluding hydrogens is 394 g/mol. The van der Waals surface area contributed by atoms with Gasteiger partial charge < -0.3 is 10.2 Å². The van der Waals surface area contributed by atoms with Crippen molar-refractivity contribution in [3.05, 3.63) is 44.8 Å². The van der Waals surface area contributed by atoms with Gasteiger partial charge in [0.05, 0.1) is 6.54 Å². The summed E-state index contributed by atoms with van der Waals surface area (Å²) in [6.07, 6.45) is 3.95. The Morgan fingerprint density at radius 1 is 1.11 bits per heavy atom. The van der Waals surface area contributed by atoms with Crippen molar-refractivity contribution in [1.82, 2.24) is 15.1 Å². The number of thiophene rings is 2. The molecule has 2 aromatic heterocycles. The quantitative estimate of drug-likeness (QED) is 0.703. The predicted octanol–water partition coefficient (Wildman–Crippen LogP) is 3.25. The van der Waals surface area contributed by atoms with Crippen LogP contribution in [0.1, 0.15) is 35.4 Å². The smallest absolute Gasteiger partial charge is 0.325 e. The zero-order valence-electron chi connectivity index (χ0n) is 15.6. The van der Waals surface area contributed by atoms with E-state index in [1.165, 1.54) is 4.88 Å². The van der Waals surface area contributed by atoms with Gasteiger partial charge in [-0.05, 0) is 42.2 Å². The minimum atomic E-state index is -0.771. The highest BCUT2D eigenvalue weighted by Crippen LogP contribution is 2.35. The third-order valence-corrected chi connectivity index (χ3v) is 7.28. The molecule has 1 spiro atoms. The maximum absolute atomic E-state index is 13.0. The van der Waals surface area contributed by atoms with E-state index in [1.807, 2.05) is 29.0 Å². The van der Waals surface area contributed by atoms with Gasteiger partial charge in [0.25, 0.3) is 5.91 Å². The van der Waals surface area contributed by atoms with Gasteiger partial charge in [-0.3, -0.25) is 14.5 Å². The van der Waals surface area contributed by atoms with Crippen LogP contribution in [0, 0.1) is 0 Å². The molecule has 6 nitrogen and oxygen atoms in total. The maximum Gasteiger partial charge on any atom is 0.325 e. The Kier molecular flexibility index (Phi) is 5.50.